The number of para-hydroxylation sites is 3. The average molecular weight is 806 g/mol. The third-order valence-corrected chi connectivity index (χ3v) is 12.4. The number of H-pyrrole nitrogens is 1. The summed E-state index contributed by atoms with van der Waals surface area (Å²) < 4.78 is 8.82. The van der Waals surface area contributed by atoms with Crippen LogP contribution in [0.15, 0.2) is 211 Å². The number of aromatic nitrogens is 5. The Morgan fingerprint density at radius 3 is 1.62 bits per heavy atom. The minimum atomic E-state index is 0.568. The van der Waals surface area contributed by atoms with Crippen molar-refractivity contribution in [2.45, 2.75) is 0 Å². The van der Waals surface area contributed by atoms with Gasteiger partial charge in [0.2, 0.25) is 0 Å². The first-order valence-electron chi connectivity index (χ1n) is 21.2. The molecule has 0 aliphatic heterocycles. The summed E-state index contributed by atoms with van der Waals surface area (Å²) in [5.41, 5.74) is 14.1. The van der Waals surface area contributed by atoms with Gasteiger partial charge < -0.3 is 14.0 Å². The van der Waals surface area contributed by atoms with E-state index in [0.717, 1.165) is 88.6 Å². The minimum absolute atomic E-state index is 0.568. The van der Waals surface area contributed by atoms with Crippen LogP contribution in [0.2, 0.25) is 0 Å². The van der Waals surface area contributed by atoms with Crippen LogP contribution in [0.5, 0.6) is 0 Å². The number of rotatable bonds is 6. The van der Waals surface area contributed by atoms with Crippen LogP contribution >= 0.6 is 0 Å². The fourth-order valence-corrected chi connectivity index (χ4v) is 9.54. The Hall–Kier alpha value is -8.61. The van der Waals surface area contributed by atoms with Crippen LogP contribution in [0.25, 0.3) is 128 Å². The highest BCUT2D eigenvalue weighted by Gasteiger charge is 2.25. The van der Waals surface area contributed by atoms with Crippen molar-refractivity contribution in [3.05, 3.63) is 206 Å². The van der Waals surface area contributed by atoms with Crippen molar-refractivity contribution >= 4 is 65.6 Å². The lowest BCUT2D eigenvalue weighted by molar-refractivity contribution is 0.669. The van der Waals surface area contributed by atoms with E-state index in [2.05, 4.69) is 161 Å². The molecule has 0 aliphatic rings. The van der Waals surface area contributed by atoms with Crippen LogP contribution < -0.4 is 0 Å². The first kappa shape index (κ1) is 35.2. The van der Waals surface area contributed by atoms with Crippen molar-refractivity contribution in [2.24, 2.45) is 0 Å². The Bertz CT molecular complexity index is 3840. The molecule has 13 rings (SSSR count). The van der Waals surface area contributed by atoms with Gasteiger partial charge in [0.05, 0.1) is 16.7 Å². The normalized spacial score (nSPS) is 11.8. The van der Waals surface area contributed by atoms with Gasteiger partial charge in [-0.15, -0.1) is 0 Å². The number of nitrogens with zero attached hydrogens (tertiary/aromatic N) is 4. The molecule has 0 saturated carbocycles. The van der Waals surface area contributed by atoms with Crippen molar-refractivity contribution in [3.8, 4) is 62.1 Å². The zero-order chi connectivity index (χ0) is 41.4. The summed E-state index contributed by atoms with van der Waals surface area (Å²) in [5, 5.41) is 6.99. The highest BCUT2D eigenvalue weighted by atomic mass is 16.3. The van der Waals surface area contributed by atoms with E-state index >= 15 is 0 Å². The molecule has 0 fully saturated rings. The molecule has 0 spiro atoms. The molecule has 0 bridgehead atoms. The van der Waals surface area contributed by atoms with Gasteiger partial charge in [-0.05, 0) is 65.7 Å². The van der Waals surface area contributed by atoms with Crippen molar-refractivity contribution in [1.82, 2.24) is 24.5 Å². The van der Waals surface area contributed by atoms with Gasteiger partial charge in [-0.25, -0.2) is 15.0 Å². The number of hydrogen-bond acceptors (Lipinski definition) is 4. The maximum Gasteiger partial charge on any atom is 0.164 e. The number of aromatic amines is 1. The zero-order valence-corrected chi connectivity index (χ0v) is 33.8. The van der Waals surface area contributed by atoms with E-state index in [1.165, 1.54) is 21.5 Å². The third-order valence-electron chi connectivity index (χ3n) is 12.4. The fraction of sp³-hybridized carbons (Fsp3) is 0. The predicted molar refractivity (Wildman–Crippen MR) is 258 cm³/mol. The monoisotopic (exact) mass is 805 g/mol. The molecule has 9 aromatic carbocycles. The highest BCUT2D eigenvalue weighted by molar-refractivity contribution is 6.28. The first-order valence-corrected chi connectivity index (χ1v) is 21.2. The molecule has 0 aliphatic carbocycles. The second-order valence-corrected chi connectivity index (χ2v) is 16.0. The van der Waals surface area contributed by atoms with Crippen LogP contribution in [0.4, 0.5) is 0 Å². The number of furan rings is 1. The number of benzene rings is 9. The van der Waals surface area contributed by atoms with Crippen LogP contribution in [0.3, 0.4) is 0 Å². The maximum absolute atomic E-state index is 6.35. The van der Waals surface area contributed by atoms with Gasteiger partial charge in [0.15, 0.2) is 17.5 Å². The molecule has 0 atom stereocenters. The molecule has 294 valence electrons. The SMILES string of the molecule is c1ccc(-c2nc(-c3cc(-c4ccccc4)c(-n4c5ccccc5c5c6c(ccc54)[nH]c4ccccc46)c(-c4ccccc4)c3)nc(-c3ccc4c(c3)oc3ccccc34)n2)cc1. The molecule has 0 unspecified atom stereocenters. The molecule has 13 aromatic rings. The molecule has 4 aromatic heterocycles. The largest absolute Gasteiger partial charge is 0.456 e. The van der Waals surface area contributed by atoms with Crippen LogP contribution in [0, 0.1) is 0 Å². The third kappa shape index (κ3) is 5.62. The molecular formula is C57H35N5O. The second kappa shape index (κ2) is 14.0. The molecule has 0 radical (unpaired) electrons. The number of nitrogens with one attached hydrogen (secondary N) is 1. The number of hydrogen-bond donors (Lipinski definition) is 1. The predicted octanol–water partition coefficient (Wildman–Crippen LogP) is 14.8. The zero-order valence-electron chi connectivity index (χ0n) is 33.8. The smallest absolute Gasteiger partial charge is 0.164 e. The summed E-state index contributed by atoms with van der Waals surface area (Å²) in [6.45, 7) is 0. The van der Waals surface area contributed by atoms with Gasteiger partial charge in [-0.1, -0.05) is 152 Å². The Morgan fingerprint density at radius 1 is 0.349 bits per heavy atom. The lowest BCUT2D eigenvalue weighted by Gasteiger charge is -2.21. The van der Waals surface area contributed by atoms with E-state index in [1.54, 1.807) is 0 Å². The molecule has 0 saturated heterocycles. The molecule has 1 N–H and O–H groups in total. The second-order valence-electron chi connectivity index (χ2n) is 16.0. The molecule has 6 nitrogen and oxygen atoms in total. The maximum atomic E-state index is 6.35. The molecule has 63 heavy (non-hydrogen) atoms. The highest BCUT2D eigenvalue weighted by Crippen LogP contribution is 2.46. The van der Waals surface area contributed by atoms with E-state index in [9.17, 15) is 0 Å². The van der Waals surface area contributed by atoms with E-state index in [1.807, 2.05) is 54.6 Å². The van der Waals surface area contributed by atoms with Gasteiger partial charge in [-0.3, -0.25) is 0 Å². The van der Waals surface area contributed by atoms with Crippen molar-refractivity contribution < 1.29 is 4.42 Å². The molecule has 4 heterocycles. The Balaban J connectivity index is 1.12. The quantitative estimate of drug-likeness (QED) is 0.182. The van der Waals surface area contributed by atoms with Gasteiger partial charge in [0.25, 0.3) is 0 Å². The van der Waals surface area contributed by atoms with Crippen LogP contribution in [-0.2, 0) is 0 Å². The van der Waals surface area contributed by atoms with E-state index < -0.39 is 0 Å². The first-order chi connectivity index (χ1) is 31.2. The Morgan fingerprint density at radius 2 is 0.905 bits per heavy atom. The van der Waals surface area contributed by atoms with E-state index in [-0.39, 0.29) is 0 Å². The summed E-state index contributed by atoms with van der Waals surface area (Å²) >= 11 is 0. The van der Waals surface area contributed by atoms with Crippen LogP contribution in [0.1, 0.15) is 0 Å². The molecule has 0 amide bonds. The lowest BCUT2D eigenvalue weighted by atomic mass is 9.92. The van der Waals surface area contributed by atoms with Gasteiger partial charge in [-0.2, -0.15) is 0 Å². The lowest BCUT2D eigenvalue weighted by Crippen LogP contribution is -2.04. The standard InChI is InChI=1S/C57H35N5O/c1-4-16-35(17-5-1)44-32-39(57-60-55(37-20-8-3-9-21-37)59-56(61-57)38-28-29-41-40-22-12-15-27-50(40)63-51(41)34-38)33-45(36-18-6-2-7-19-36)54(44)62-48-26-14-11-24-43(48)53-49(62)31-30-47-52(53)42-23-10-13-25-46(42)58-47/h1-34,58H. The fourth-order valence-electron chi connectivity index (χ4n) is 9.54. The summed E-state index contributed by atoms with van der Waals surface area (Å²) in [6, 6.07) is 72.3. The summed E-state index contributed by atoms with van der Waals surface area (Å²) in [6.07, 6.45) is 0. The Kier molecular flexibility index (Phi) is 7.80. The number of fused-ring (bicyclic) bond motifs is 10. The van der Waals surface area contributed by atoms with Gasteiger partial charge in [0.1, 0.15) is 11.2 Å². The van der Waals surface area contributed by atoms with Crippen molar-refractivity contribution in [1.29, 1.82) is 0 Å². The summed E-state index contributed by atoms with van der Waals surface area (Å²) in [7, 11) is 0. The average Bonchev–Trinajstić information content (AvgIpc) is 4.03. The van der Waals surface area contributed by atoms with Crippen molar-refractivity contribution in [2.75, 3.05) is 0 Å². The van der Waals surface area contributed by atoms with Gasteiger partial charge >= 0.3 is 0 Å². The van der Waals surface area contributed by atoms with Crippen LogP contribution in [-0.4, -0.2) is 24.5 Å². The van der Waals surface area contributed by atoms with E-state index in [4.69, 9.17) is 19.4 Å². The van der Waals surface area contributed by atoms with Crippen molar-refractivity contribution in [3.63, 3.8) is 0 Å². The molecule has 6 heteroatoms. The minimum Gasteiger partial charge on any atom is -0.456 e. The Labute approximate surface area is 361 Å². The van der Waals surface area contributed by atoms with Gasteiger partial charge in [0, 0.05) is 71.2 Å². The summed E-state index contributed by atoms with van der Waals surface area (Å²) in [5.74, 6) is 1.74. The molecular weight excluding hydrogens is 771 g/mol. The van der Waals surface area contributed by atoms with E-state index in [0.29, 0.717) is 17.5 Å². The summed E-state index contributed by atoms with van der Waals surface area (Å²) in [4.78, 5) is 19.4. The topological polar surface area (TPSA) is 72.5 Å².